The molecule has 0 spiro atoms. The number of para-hydroxylation sites is 1. The van der Waals surface area contributed by atoms with Crippen molar-refractivity contribution in [2.45, 2.75) is 6.18 Å². The molecule has 0 aliphatic heterocycles. The molecule has 1 aromatic carbocycles. The SMILES string of the molecule is COc1nc(Cl)nc(Nc2ccccc2C(F)(F)F)n1. The quantitative estimate of drug-likeness (QED) is 0.943. The van der Waals surface area contributed by atoms with Crippen LogP contribution >= 0.6 is 11.6 Å². The van der Waals surface area contributed by atoms with E-state index in [-0.39, 0.29) is 22.9 Å². The highest BCUT2D eigenvalue weighted by Crippen LogP contribution is 2.35. The summed E-state index contributed by atoms with van der Waals surface area (Å²) in [7, 11) is 1.30. The van der Waals surface area contributed by atoms with Crippen LogP contribution in [0.2, 0.25) is 5.28 Å². The van der Waals surface area contributed by atoms with Gasteiger partial charge in [0, 0.05) is 0 Å². The van der Waals surface area contributed by atoms with Gasteiger partial charge in [-0.3, -0.25) is 0 Å². The van der Waals surface area contributed by atoms with E-state index >= 15 is 0 Å². The molecule has 2 rings (SSSR count). The maximum Gasteiger partial charge on any atom is 0.418 e. The molecule has 9 heteroatoms. The molecule has 1 aromatic heterocycles. The smallest absolute Gasteiger partial charge is 0.418 e. The number of methoxy groups -OCH3 is 1. The minimum absolute atomic E-state index is 0.100. The average molecular weight is 305 g/mol. The van der Waals surface area contributed by atoms with E-state index in [1.54, 1.807) is 0 Å². The largest absolute Gasteiger partial charge is 0.467 e. The summed E-state index contributed by atoms with van der Waals surface area (Å²) in [4.78, 5) is 11.1. The second-order valence-corrected chi connectivity index (χ2v) is 3.92. The molecule has 0 atom stereocenters. The first kappa shape index (κ1) is 14.3. The number of hydrogen-bond donors (Lipinski definition) is 1. The molecular weight excluding hydrogens is 297 g/mol. The molecule has 1 N–H and O–H groups in total. The molecule has 0 radical (unpaired) electrons. The van der Waals surface area contributed by atoms with Crippen LogP contribution < -0.4 is 10.1 Å². The van der Waals surface area contributed by atoms with Crippen molar-refractivity contribution < 1.29 is 17.9 Å². The Bertz CT molecular complexity index is 621. The zero-order valence-electron chi connectivity index (χ0n) is 10.1. The Balaban J connectivity index is 2.38. The van der Waals surface area contributed by atoms with Crippen molar-refractivity contribution >= 4 is 23.2 Å². The van der Waals surface area contributed by atoms with Crippen molar-refractivity contribution in [1.82, 2.24) is 15.0 Å². The number of aromatic nitrogens is 3. The van der Waals surface area contributed by atoms with Gasteiger partial charge in [-0.15, -0.1) is 0 Å². The normalized spacial score (nSPS) is 11.2. The Morgan fingerprint density at radius 1 is 1.15 bits per heavy atom. The van der Waals surface area contributed by atoms with Crippen molar-refractivity contribution in [3.05, 3.63) is 35.1 Å². The van der Waals surface area contributed by atoms with Crippen molar-refractivity contribution in [2.75, 3.05) is 12.4 Å². The van der Waals surface area contributed by atoms with Gasteiger partial charge in [0.1, 0.15) is 0 Å². The van der Waals surface area contributed by atoms with E-state index < -0.39 is 11.7 Å². The Kier molecular flexibility index (Phi) is 3.93. The lowest BCUT2D eigenvalue weighted by Gasteiger charge is -2.13. The number of nitrogens with one attached hydrogen (secondary N) is 1. The highest BCUT2D eigenvalue weighted by molar-refractivity contribution is 6.28. The number of benzene rings is 1. The summed E-state index contributed by atoms with van der Waals surface area (Å²) in [5.41, 5.74) is -1.03. The van der Waals surface area contributed by atoms with Gasteiger partial charge in [-0.05, 0) is 23.7 Å². The zero-order chi connectivity index (χ0) is 14.8. The van der Waals surface area contributed by atoms with Gasteiger partial charge >= 0.3 is 12.2 Å². The predicted octanol–water partition coefficient (Wildman–Crippen LogP) is 3.30. The standard InChI is InChI=1S/C11H8ClF3N4O/c1-20-10-18-8(12)17-9(19-10)16-7-5-3-2-4-6(7)11(13,14)15/h2-5H,1H3,(H,16,17,18,19). The number of rotatable bonds is 3. The lowest BCUT2D eigenvalue weighted by Crippen LogP contribution is -2.10. The molecule has 0 fully saturated rings. The van der Waals surface area contributed by atoms with E-state index in [2.05, 4.69) is 20.3 Å². The van der Waals surface area contributed by atoms with E-state index in [0.29, 0.717) is 0 Å². The maximum absolute atomic E-state index is 12.8. The van der Waals surface area contributed by atoms with Crippen LogP contribution in [0.25, 0.3) is 0 Å². The van der Waals surface area contributed by atoms with Gasteiger partial charge in [0.05, 0.1) is 18.4 Å². The molecule has 0 aliphatic rings. The summed E-state index contributed by atoms with van der Waals surface area (Å²) in [5.74, 6) is -0.140. The topological polar surface area (TPSA) is 59.9 Å². The average Bonchev–Trinajstić information content (AvgIpc) is 2.37. The van der Waals surface area contributed by atoms with E-state index in [9.17, 15) is 13.2 Å². The third-order valence-electron chi connectivity index (χ3n) is 2.25. The molecule has 0 aliphatic carbocycles. The second kappa shape index (κ2) is 5.49. The molecule has 2 aromatic rings. The third kappa shape index (κ3) is 3.27. The summed E-state index contributed by atoms with van der Waals surface area (Å²) < 4.78 is 43.3. The zero-order valence-corrected chi connectivity index (χ0v) is 10.8. The number of hydrogen-bond acceptors (Lipinski definition) is 5. The highest BCUT2D eigenvalue weighted by Gasteiger charge is 2.33. The van der Waals surface area contributed by atoms with E-state index in [0.717, 1.165) is 6.07 Å². The monoisotopic (exact) mass is 304 g/mol. The first-order valence-corrected chi connectivity index (χ1v) is 5.67. The summed E-state index contributed by atoms with van der Waals surface area (Å²) in [6.45, 7) is 0. The fraction of sp³-hybridized carbons (Fsp3) is 0.182. The van der Waals surface area contributed by atoms with Crippen LogP contribution in [0.5, 0.6) is 6.01 Å². The van der Waals surface area contributed by atoms with Gasteiger partial charge in [0.15, 0.2) is 0 Å². The number of alkyl halides is 3. The molecule has 1 heterocycles. The fourth-order valence-corrected chi connectivity index (χ4v) is 1.59. The van der Waals surface area contributed by atoms with Gasteiger partial charge in [0.2, 0.25) is 11.2 Å². The second-order valence-electron chi connectivity index (χ2n) is 3.58. The summed E-state index contributed by atoms with van der Waals surface area (Å²) in [6, 6.07) is 4.85. The lowest BCUT2D eigenvalue weighted by atomic mass is 10.1. The van der Waals surface area contributed by atoms with Crippen molar-refractivity contribution in [1.29, 1.82) is 0 Å². The van der Waals surface area contributed by atoms with Crippen LogP contribution in [0, 0.1) is 0 Å². The van der Waals surface area contributed by atoms with Crippen LogP contribution in [-0.4, -0.2) is 22.1 Å². The molecule has 106 valence electrons. The fourth-order valence-electron chi connectivity index (χ4n) is 1.44. The Morgan fingerprint density at radius 2 is 1.85 bits per heavy atom. The van der Waals surface area contributed by atoms with Crippen molar-refractivity contribution in [3.63, 3.8) is 0 Å². The molecule has 0 bridgehead atoms. The van der Waals surface area contributed by atoms with Gasteiger partial charge in [-0.2, -0.15) is 28.1 Å². The van der Waals surface area contributed by atoms with Crippen LogP contribution in [0.3, 0.4) is 0 Å². The third-order valence-corrected chi connectivity index (χ3v) is 2.42. The van der Waals surface area contributed by atoms with Crippen LogP contribution in [0.4, 0.5) is 24.8 Å². The van der Waals surface area contributed by atoms with E-state index in [4.69, 9.17) is 16.3 Å². The minimum Gasteiger partial charge on any atom is -0.467 e. The van der Waals surface area contributed by atoms with E-state index in [1.165, 1.54) is 25.3 Å². The summed E-state index contributed by atoms with van der Waals surface area (Å²) >= 11 is 5.62. The first-order valence-electron chi connectivity index (χ1n) is 5.29. The van der Waals surface area contributed by atoms with Crippen molar-refractivity contribution in [2.24, 2.45) is 0 Å². The van der Waals surface area contributed by atoms with Crippen LogP contribution in [0.15, 0.2) is 24.3 Å². The molecule has 0 saturated carbocycles. The number of ether oxygens (including phenoxy) is 1. The van der Waals surface area contributed by atoms with Gasteiger partial charge < -0.3 is 10.1 Å². The van der Waals surface area contributed by atoms with Crippen LogP contribution in [0.1, 0.15) is 5.56 Å². The molecular formula is C11H8ClF3N4O. The first-order chi connectivity index (χ1) is 9.40. The van der Waals surface area contributed by atoms with E-state index in [1.807, 2.05) is 0 Å². The van der Waals surface area contributed by atoms with Gasteiger partial charge in [-0.1, -0.05) is 12.1 Å². The van der Waals surface area contributed by atoms with Crippen molar-refractivity contribution in [3.8, 4) is 6.01 Å². The molecule has 20 heavy (non-hydrogen) atoms. The maximum atomic E-state index is 12.8. The number of halogens is 4. The highest BCUT2D eigenvalue weighted by atomic mass is 35.5. The Hall–Kier alpha value is -2.09. The number of nitrogens with zero attached hydrogens (tertiary/aromatic N) is 3. The minimum atomic E-state index is -4.50. The molecule has 5 nitrogen and oxygen atoms in total. The molecule has 0 amide bonds. The van der Waals surface area contributed by atoms with Gasteiger partial charge in [0.25, 0.3) is 0 Å². The van der Waals surface area contributed by atoms with Gasteiger partial charge in [-0.25, -0.2) is 0 Å². The Morgan fingerprint density at radius 3 is 2.50 bits per heavy atom. The van der Waals surface area contributed by atoms with Crippen LogP contribution in [-0.2, 0) is 6.18 Å². The Labute approximate surface area is 116 Å². The summed E-state index contributed by atoms with van der Waals surface area (Å²) in [6.07, 6.45) is -4.50. The molecule has 0 unspecified atom stereocenters. The summed E-state index contributed by atoms with van der Waals surface area (Å²) in [5, 5.41) is 2.26. The number of anilines is 2. The molecule has 0 saturated heterocycles. The lowest BCUT2D eigenvalue weighted by molar-refractivity contribution is -0.136. The predicted molar refractivity (Wildman–Crippen MR) is 66.1 cm³/mol.